The van der Waals surface area contributed by atoms with Gasteiger partial charge in [0.2, 0.25) is 5.60 Å². The third kappa shape index (κ3) is 4.03. The van der Waals surface area contributed by atoms with Gasteiger partial charge in [0.05, 0.1) is 12.2 Å². The first kappa shape index (κ1) is 17.8. The highest BCUT2D eigenvalue weighted by Gasteiger charge is 2.49. The molecule has 0 radical (unpaired) electrons. The fraction of sp³-hybridized carbons (Fsp3) is 0.375. The second kappa shape index (κ2) is 6.90. The standard InChI is InChI=1S/C16H18O8/c17-10-6-11(18)8-16(7-10,15(22)23)24-14(21)4-2-9-1-3-12(19)13(20)5-9/h1-5,10-11,17-20H,6-8H2,(H,22,23)/b4-2+/t10-,11-/m0/s1. The summed E-state index contributed by atoms with van der Waals surface area (Å²) in [4.78, 5) is 23.4. The van der Waals surface area contributed by atoms with Crippen LogP contribution < -0.4 is 0 Å². The predicted octanol–water partition coefficient (Wildman–Crippen LogP) is 0.383. The van der Waals surface area contributed by atoms with Crippen LogP contribution in [0.2, 0.25) is 0 Å². The third-order valence-corrected chi connectivity index (χ3v) is 3.77. The van der Waals surface area contributed by atoms with Gasteiger partial charge in [-0.3, -0.25) is 0 Å². The van der Waals surface area contributed by atoms with E-state index in [0.29, 0.717) is 5.56 Å². The van der Waals surface area contributed by atoms with Crippen LogP contribution in [-0.4, -0.2) is 55.3 Å². The molecule has 0 amide bonds. The highest BCUT2D eigenvalue weighted by molar-refractivity contribution is 5.90. The lowest BCUT2D eigenvalue weighted by Crippen LogP contribution is -2.52. The van der Waals surface area contributed by atoms with Gasteiger partial charge >= 0.3 is 11.9 Å². The maximum absolute atomic E-state index is 11.9. The molecule has 1 aliphatic carbocycles. The number of carbonyl (C=O) groups excluding carboxylic acids is 1. The van der Waals surface area contributed by atoms with Crippen molar-refractivity contribution in [3.05, 3.63) is 29.8 Å². The van der Waals surface area contributed by atoms with Gasteiger partial charge in [-0.05, 0) is 30.2 Å². The molecule has 8 nitrogen and oxygen atoms in total. The number of carbonyl (C=O) groups is 2. The summed E-state index contributed by atoms with van der Waals surface area (Å²) in [6, 6.07) is 3.87. The number of hydrogen-bond acceptors (Lipinski definition) is 7. The van der Waals surface area contributed by atoms with E-state index in [-0.39, 0.29) is 30.8 Å². The first-order chi connectivity index (χ1) is 11.2. The predicted molar refractivity (Wildman–Crippen MR) is 81.1 cm³/mol. The molecule has 24 heavy (non-hydrogen) atoms. The lowest BCUT2D eigenvalue weighted by molar-refractivity contribution is -0.189. The van der Waals surface area contributed by atoms with E-state index in [4.69, 9.17) is 4.74 Å². The Morgan fingerprint density at radius 3 is 2.29 bits per heavy atom. The zero-order chi connectivity index (χ0) is 17.9. The van der Waals surface area contributed by atoms with Crippen molar-refractivity contribution in [1.29, 1.82) is 0 Å². The lowest BCUT2D eigenvalue weighted by atomic mass is 9.81. The van der Waals surface area contributed by atoms with Crippen LogP contribution in [0.3, 0.4) is 0 Å². The molecule has 2 rings (SSSR count). The van der Waals surface area contributed by atoms with Crippen LogP contribution >= 0.6 is 0 Å². The number of rotatable bonds is 4. The lowest BCUT2D eigenvalue weighted by Gasteiger charge is -2.37. The third-order valence-electron chi connectivity index (χ3n) is 3.77. The van der Waals surface area contributed by atoms with Crippen molar-refractivity contribution in [1.82, 2.24) is 0 Å². The SMILES string of the molecule is O=C(/C=C/c1ccc(O)c(O)c1)OC1(C(=O)O)C[C@@H](O)C[C@H](O)C1. The summed E-state index contributed by atoms with van der Waals surface area (Å²) in [5.74, 6) is -3.09. The maximum atomic E-state index is 11.9. The minimum absolute atomic E-state index is 0.0230. The molecule has 1 fully saturated rings. The molecule has 1 aromatic rings. The number of aliphatic hydroxyl groups excluding tert-OH is 2. The van der Waals surface area contributed by atoms with Crippen molar-refractivity contribution in [2.24, 2.45) is 0 Å². The molecular weight excluding hydrogens is 320 g/mol. The average molecular weight is 338 g/mol. The molecule has 2 atom stereocenters. The molecule has 0 unspecified atom stereocenters. The number of esters is 1. The van der Waals surface area contributed by atoms with E-state index in [0.717, 1.165) is 6.08 Å². The summed E-state index contributed by atoms with van der Waals surface area (Å²) in [6.07, 6.45) is -0.532. The monoisotopic (exact) mass is 338 g/mol. The number of phenolic OH excluding ortho intramolecular Hbond substituents is 2. The van der Waals surface area contributed by atoms with E-state index in [1.54, 1.807) is 0 Å². The van der Waals surface area contributed by atoms with Crippen LogP contribution in [-0.2, 0) is 14.3 Å². The van der Waals surface area contributed by atoms with Crippen molar-refractivity contribution >= 4 is 18.0 Å². The number of carboxylic acids is 1. The summed E-state index contributed by atoms with van der Waals surface area (Å²) in [7, 11) is 0. The summed E-state index contributed by atoms with van der Waals surface area (Å²) in [5.41, 5.74) is -1.61. The smallest absolute Gasteiger partial charge is 0.348 e. The Morgan fingerprint density at radius 2 is 1.75 bits per heavy atom. The molecule has 8 heteroatoms. The average Bonchev–Trinajstić information content (AvgIpc) is 2.47. The molecule has 130 valence electrons. The fourth-order valence-corrected chi connectivity index (χ4v) is 2.66. The van der Waals surface area contributed by atoms with Gasteiger partial charge in [-0.25, -0.2) is 9.59 Å². The number of ether oxygens (including phenoxy) is 1. The molecular formula is C16H18O8. The van der Waals surface area contributed by atoms with Crippen molar-refractivity contribution in [3.8, 4) is 11.5 Å². The molecule has 1 saturated carbocycles. The summed E-state index contributed by atoms with van der Waals surface area (Å²) in [6.45, 7) is 0. The number of carboxylic acid groups (broad SMARTS) is 1. The summed E-state index contributed by atoms with van der Waals surface area (Å²) in [5, 5.41) is 47.2. The van der Waals surface area contributed by atoms with Gasteiger partial charge in [-0.1, -0.05) is 6.07 Å². The van der Waals surface area contributed by atoms with E-state index in [1.807, 2.05) is 0 Å². The van der Waals surface area contributed by atoms with Gasteiger partial charge in [-0.15, -0.1) is 0 Å². The molecule has 0 spiro atoms. The Bertz CT molecular complexity index is 656. The largest absolute Gasteiger partial charge is 0.504 e. The molecule has 1 aliphatic rings. The quantitative estimate of drug-likeness (QED) is 0.301. The molecule has 0 heterocycles. The number of aliphatic hydroxyl groups is 2. The van der Waals surface area contributed by atoms with Gasteiger partial charge in [0.15, 0.2) is 11.5 Å². The van der Waals surface area contributed by atoms with Crippen molar-refractivity contribution in [3.63, 3.8) is 0 Å². The van der Waals surface area contributed by atoms with Crippen LogP contribution in [0.1, 0.15) is 24.8 Å². The number of hydrogen-bond donors (Lipinski definition) is 5. The number of aliphatic carboxylic acids is 1. The van der Waals surface area contributed by atoms with Crippen molar-refractivity contribution < 1.29 is 39.9 Å². The zero-order valence-corrected chi connectivity index (χ0v) is 12.6. The van der Waals surface area contributed by atoms with Crippen molar-refractivity contribution in [2.75, 3.05) is 0 Å². The fourth-order valence-electron chi connectivity index (χ4n) is 2.66. The van der Waals surface area contributed by atoms with Gasteiger partial charge in [-0.2, -0.15) is 0 Å². The van der Waals surface area contributed by atoms with Crippen molar-refractivity contribution in [2.45, 2.75) is 37.1 Å². The molecule has 1 aromatic carbocycles. The minimum Gasteiger partial charge on any atom is -0.504 e. The maximum Gasteiger partial charge on any atom is 0.348 e. The second-order valence-corrected chi connectivity index (χ2v) is 5.75. The highest BCUT2D eigenvalue weighted by Crippen LogP contribution is 2.33. The first-order valence-electron chi connectivity index (χ1n) is 7.24. The van der Waals surface area contributed by atoms with Crippen LogP contribution in [0.5, 0.6) is 11.5 Å². The van der Waals surface area contributed by atoms with E-state index >= 15 is 0 Å². The highest BCUT2D eigenvalue weighted by atomic mass is 16.6. The Morgan fingerprint density at radius 1 is 1.12 bits per heavy atom. The topological polar surface area (TPSA) is 145 Å². The number of phenols is 2. The Hall–Kier alpha value is -2.58. The Kier molecular flexibility index (Phi) is 5.10. The van der Waals surface area contributed by atoms with E-state index in [1.165, 1.54) is 24.3 Å². The normalized spacial score (nSPS) is 27.1. The van der Waals surface area contributed by atoms with E-state index in [2.05, 4.69) is 0 Å². The van der Waals surface area contributed by atoms with E-state index < -0.39 is 29.7 Å². The molecule has 0 bridgehead atoms. The summed E-state index contributed by atoms with van der Waals surface area (Å²) < 4.78 is 5.00. The zero-order valence-electron chi connectivity index (χ0n) is 12.6. The minimum atomic E-state index is -1.99. The van der Waals surface area contributed by atoms with Gasteiger partial charge in [0.1, 0.15) is 0 Å². The number of aromatic hydroxyl groups is 2. The van der Waals surface area contributed by atoms with Gasteiger partial charge < -0.3 is 30.3 Å². The molecule has 0 aliphatic heterocycles. The molecule has 0 aromatic heterocycles. The number of benzene rings is 1. The Labute approximate surface area is 137 Å². The van der Waals surface area contributed by atoms with Crippen LogP contribution in [0.4, 0.5) is 0 Å². The Balaban J connectivity index is 2.12. The molecule has 0 saturated heterocycles. The van der Waals surface area contributed by atoms with Crippen LogP contribution in [0, 0.1) is 0 Å². The summed E-state index contributed by atoms with van der Waals surface area (Å²) >= 11 is 0. The van der Waals surface area contributed by atoms with Gasteiger partial charge in [0.25, 0.3) is 0 Å². The first-order valence-corrected chi connectivity index (χ1v) is 7.24. The van der Waals surface area contributed by atoms with Gasteiger partial charge in [0, 0.05) is 18.9 Å². The van der Waals surface area contributed by atoms with E-state index in [9.17, 15) is 35.1 Å². The second-order valence-electron chi connectivity index (χ2n) is 5.75. The van der Waals surface area contributed by atoms with Crippen LogP contribution in [0.15, 0.2) is 24.3 Å². The van der Waals surface area contributed by atoms with Crippen LogP contribution in [0.25, 0.3) is 6.08 Å². The molecule has 5 N–H and O–H groups in total.